The molecule has 168 valence electrons. The molecule has 0 aliphatic rings. The molecule has 33 heavy (non-hydrogen) atoms. The largest absolute Gasteiger partial charge is 0.497 e. The maximum absolute atomic E-state index is 12.6. The highest BCUT2D eigenvalue weighted by Gasteiger charge is 2.11. The third-order valence-corrected chi connectivity index (χ3v) is 5.20. The fraction of sp³-hybridized carbons (Fsp3) is 0.192. The van der Waals surface area contributed by atoms with Gasteiger partial charge < -0.3 is 15.4 Å². The van der Waals surface area contributed by atoms with E-state index in [9.17, 15) is 4.79 Å². The van der Waals surface area contributed by atoms with E-state index in [1.54, 1.807) is 7.11 Å². The zero-order chi connectivity index (χ0) is 23.2. The van der Waals surface area contributed by atoms with Crippen LogP contribution >= 0.6 is 0 Å². The minimum Gasteiger partial charge on any atom is -0.497 e. The summed E-state index contributed by atoms with van der Waals surface area (Å²) in [5, 5.41) is 11.1. The first-order valence-corrected chi connectivity index (χ1v) is 10.8. The summed E-state index contributed by atoms with van der Waals surface area (Å²) in [5.74, 6) is 1.88. The van der Waals surface area contributed by atoms with Gasteiger partial charge in [-0.2, -0.15) is 4.98 Å². The van der Waals surface area contributed by atoms with Crippen LogP contribution in [0.15, 0.2) is 72.8 Å². The summed E-state index contributed by atoms with van der Waals surface area (Å²) in [4.78, 5) is 21.6. The second-order valence-electron chi connectivity index (χ2n) is 8.00. The molecule has 0 spiro atoms. The van der Waals surface area contributed by atoms with Gasteiger partial charge in [0.25, 0.3) is 0 Å². The van der Waals surface area contributed by atoms with Crippen molar-refractivity contribution in [1.29, 1.82) is 0 Å². The first kappa shape index (κ1) is 22.1. The third-order valence-electron chi connectivity index (χ3n) is 5.20. The lowest BCUT2D eigenvalue weighted by Crippen LogP contribution is -2.21. The normalized spacial score (nSPS) is 10.8. The number of nitrogens with zero attached hydrogens (tertiary/aromatic N) is 2. The second-order valence-corrected chi connectivity index (χ2v) is 8.00. The number of ether oxygens (including phenoxy) is 1. The van der Waals surface area contributed by atoms with Gasteiger partial charge in [-0.05, 0) is 46.5 Å². The van der Waals surface area contributed by atoms with Gasteiger partial charge >= 0.3 is 6.03 Å². The van der Waals surface area contributed by atoms with Crippen molar-refractivity contribution >= 4 is 34.3 Å². The molecular formula is C26H27N5O2. The number of anilines is 3. The molecule has 0 saturated heterocycles. The van der Waals surface area contributed by atoms with Crippen LogP contribution in [0.3, 0.4) is 0 Å². The molecule has 0 atom stereocenters. The Balaban J connectivity index is 1.46. The van der Waals surface area contributed by atoms with E-state index in [1.165, 1.54) is 0 Å². The molecule has 0 fully saturated rings. The van der Waals surface area contributed by atoms with Crippen molar-refractivity contribution in [2.45, 2.75) is 26.3 Å². The number of urea groups is 1. The Hall–Kier alpha value is -4.13. The van der Waals surface area contributed by atoms with Crippen LogP contribution in [0.1, 0.15) is 31.0 Å². The molecule has 0 aliphatic carbocycles. The van der Waals surface area contributed by atoms with Crippen LogP contribution in [-0.4, -0.2) is 23.1 Å². The number of benzene rings is 3. The standard InChI is InChI=1S/C26H27N5O2/c1-17(2)23-15-24(27-16-18-8-12-22(33-3)13-9-18)30-25(29-23)31-26(32)28-21-11-10-19-6-4-5-7-20(19)14-21/h4-15,17H,16H2,1-3H3,(H3,27,28,29,30,31,32). The molecule has 0 aliphatic heterocycles. The summed E-state index contributed by atoms with van der Waals surface area (Å²) < 4.78 is 5.20. The molecular weight excluding hydrogens is 414 g/mol. The number of nitrogens with one attached hydrogen (secondary N) is 3. The SMILES string of the molecule is COc1ccc(CNc2cc(C(C)C)nc(NC(=O)Nc3ccc4ccccc4c3)n2)cc1. The highest BCUT2D eigenvalue weighted by molar-refractivity contribution is 6.00. The summed E-state index contributed by atoms with van der Waals surface area (Å²) in [7, 11) is 1.65. The van der Waals surface area contributed by atoms with E-state index in [0.717, 1.165) is 27.8 Å². The molecule has 7 nitrogen and oxygen atoms in total. The maximum atomic E-state index is 12.6. The molecule has 0 unspecified atom stereocenters. The lowest BCUT2D eigenvalue weighted by Gasteiger charge is -2.13. The van der Waals surface area contributed by atoms with E-state index in [1.807, 2.05) is 72.8 Å². The fourth-order valence-corrected chi connectivity index (χ4v) is 3.38. The zero-order valence-electron chi connectivity index (χ0n) is 18.9. The van der Waals surface area contributed by atoms with E-state index >= 15 is 0 Å². The summed E-state index contributed by atoms with van der Waals surface area (Å²) in [6, 6.07) is 23.1. The van der Waals surface area contributed by atoms with Crippen LogP contribution in [0.5, 0.6) is 5.75 Å². The first-order valence-electron chi connectivity index (χ1n) is 10.8. The van der Waals surface area contributed by atoms with E-state index < -0.39 is 6.03 Å². The first-order chi connectivity index (χ1) is 16.0. The van der Waals surface area contributed by atoms with Crippen LogP contribution in [0.2, 0.25) is 0 Å². The predicted octanol–water partition coefficient (Wildman–Crippen LogP) is 6.02. The molecule has 1 heterocycles. The van der Waals surface area contributed by atoms with Crippen molar-refractivity contribution in [1.82, 2.24) is 9.97 Å². The number of fused-ring (bicyclic) bond motifs is 1. The van der Waals surface area contributed by atoms with Crippen LogP contribution in [0, 0.1) is 0 Å². The molecule has 0 saturated carbocycles. The average Bonchev–Trinajstić information content (AvgIpc) is 2.82. The van der Waals surface area contributed by atoms with Gasteiger partial charge in [-0.15, -0.1) is 0 Å². The zero-order valence-corrected chi connectivity index (χ0v) is 18.9. The number of hydrogen-bond donors (Lipinski definition) is 3. The highest BCUT2D eigenvalue weighted by Crippen LogP contribution is 2.21. The number of hydrogen-bond acceptors (Lipinski definition) is 5. The van der Waals surface area contributed by atoms with E-state index in [-0.39, 0.29) is 11.9 Å². The molecule has 0 bridgehead atoms. The van der Waals surface area contributed by atoms with Gasteiger partial charge in [-0.3, -0.25) is 5.32 Å². The van der Waals surface area contributed by atoms with Gasteiger partial charge in [-0.25, -0.2) is 9.78 Å². The Labute approximate surface area is 193 Å². The van der Waals surface area contributed by atoms with E-state index in [4.69, 9.17) is 4.74 Å². The van der Waals surface area contributed by atoms with E-state index in [0.29, 0.717) is 18.1 Å². The molecule has 0 radical (unpaired) electrons. The summed E-state index contributed by atoms with van der Waals surface area (Å²) in [6.45, 7) is 4.68. The van der Waals surface area contributed by atoms with Gasteiger partial charge in [-0.1, -0.05) is 56.3 Å². The topological polar surface area (TPSA) is 88.2 Å². The molecule has 3 aromatic carbocycles. The molecule has 4 aromatic rings. The number of carbonyl (C=O) groups is 1. The van der Waals surface area contributed by atoms with Crippen LogP contribution < -0.4 is 20.7 Å². The molecule has 2 amide bonds. The van der Waals surface area contributed by atoms with Gasteiger partial charge in [0.15, 0.2) is 0 Å². The van der Waals surface area contributed by atoms with Gasteiger partial charge in [0, 0.05) is 18.3 Å². The summed E-state index contributed by atoms with van der Waals surface area (Å²) >= 11 is 0. The van der Waals surface area contributed by atoms with Gasteiger partial charge in [0.1, 0.15) is 11.6 Å². The lowest BCUT2D eigenvalue weighted by atomic mass is 10.1. The van der Waals surface area contributed by atoms with Crippen molar-refractivity contribution < 1.29 is 9.53 Å². The number of methoxy groups -OCH3 is 1. The number of rotatable bonds is 7. The second kappa shape index (κ2) is 9.99. The third kappa shape index (κ3) is 5.77. The Morgan fingerprint density at radius 3 is 2.39 bits per heavy atom. The minimum atomic E-state index is -0.396. The van der Waals surface area contributed by atoms with Crippen molar-refractivity contribution in [2.24, 2.45) is 0 Å². The molecule has 4 rings (SSSR count). The maximum Gasteiger partial charge on any atom is 0.326 e. The molecule has 1 aromatic heterocycles. The highest BCUT2D eigenvalue weighted by atomic mass is 16.5. The molecule has 3 N–H and O–H groups in total. The van der Waals surface area contributed by atoms with Crippen molar-refractivity contribution in [3.8, 4) is 5.75 Å². The van der Waals surface area contributed by atoms with Crippen LogP contribution in [0.4, 0.5) is 22.2 Å². The van der Waals surface area contributed by atoms with E-state index in [2.05, 4.69) is 39.8 Å². The van der Waals surface area contributed by atoms with Gasteiger partial charge in [0.2, 0.25) is 5.95 Å². The number of aromatic nitrogens is 2. The lowest BCUT2D eigenvalue weighted by molar-refractivity contribution is 0.262. The number of amides is 2. The van der Waals surface area contributed by atoms with Crippen molar-refractivity contribution in [3.05, 3.63) is 84.1 Å². The Kier molecular flexibility index (Phi) is 6.69. The van der Waals surface area contributed by atoms with Crippen LogP contribution in [0.25, 0.3) is 10.8 Å². The average molecular weight is 442 g/mol. The van der Waals surface area contributed by atoms with Crippen LogP contribution in [-0.2, 0) is 6.54 Å². The Morgan fingerprint density at radius 1 is 0.909 bits per heavy atom. The smallest absolute Gasteiger partial charge is 0.326 e. The fourth-order valence-electron chi connectivity index (χ4n) is 3.38. The van der Waals surface area contributed by atoms with Crippen molar-refractivity contribution in [3.63, 3.8) is 0 Å². The minimum absolute atomic E-state index is 0.179. The number of carbonyl (C=O) groups excluding carboxylic acids is 1. The Morgan fingerprint density at radius 2 is 1.67 bits per heavy atom. The summed E-state index contributed by atoms with van der Waals surface area (Å²) in [6.07, 6.45) is 0. The Bertz CT molecular complexity index is 1260. The predicted molar refractivity (Wildman–Crippen MR) is 133 cm³/mol. The summed E-state index contributed by atoms with van der Waals surface area (Å²) in [5.41, 5.74) is 2.62. The monoisotopic (exact) mass is 441 g/mol. The molecule has 7 heteroatoms. The quantitative estimate of drug-likeness (QED) is 0.326. The van der Waals surface area contributed by atoms with Crippen molar-refractivity contribution in [2.75, 3.05) is 23.1 Å². The van der Waals surface area contributed by atoms with Gasteiger partial charge in [0.05, 0.1) is 12.8 Å².